The van der Waals surface area contributed by atoms with Crippen LogP contribution in [0.4, 0.5) is 0 Å². The molecule has 4 rings (SSSR count). The Morgan fingerprint density at radius 2 is 1.64 bits per heavy atom. The Bertz CT molecular complexity index is 1080. The van der Waals surface area contributed by atoms with Crippen LogP contribution in [0, 0.1) is 6.92 Å². The van der Waals surface area contributed by atoms with Crippen molar-refractivity contribution >= 4 is 15.9 Å². The highest BCUT2D eigenvalue weighted by Crippen LogP contribution is 2.55. The fourth-order valence-electron chi connectivity index (χ4n) is 6.08. The van der Waals surface area contributed by atoms with Gasteiger partial charge in [0.15, 0.2) is 5.43 Å². The number of aromatic amines is 1. The molecule has 2 aliphatic carbocycles. The zero-order valence-corrected chi connectivity index (χ0v) is 20.2. The molecule has 0 saturated carbocycles. The van der Waals surface area contributed by atoms with Gasteiger partial charge in [0.1, 0.15) is 0 Å². The average Bonchev–Trinajstić information content (AvgIpc) is 2.85. The maximum absolute atomic E-state index is 14.0. The van der Waals surface area contributed by atoms with Crippen molar-refractivity contribution in [1.29, 1.82) is 0 Å². The fraction of sp³-hybridized carbons (Fsp3) is 0.560. The zero-order valence-electron chi connectivity index (χ0n) is 18.6. The predicted octanol–water partition coefficient (Wildman–Crippen LogP) is 6.83. The molecule has 0 aliphatic heterocycles. The Kier molecular flexibility index (Phi) is 4.00. The number of nitrogens with one attached hydrogen (secondary N) is 1. The smallest absolute Gasteiger partial charge is 0.190 e. The molecule has 0 unspecified atom stereocenters. The van der Waals surface area contributed by atoms with Crippen LogP contribution in [0.25, 0.3) is 11.3 Å². The van der Waals surface area contributed by atoms with Gasteiger partial charge in [-0.3, -0.25) is 4.79 Å². The van der Waals surface area contributed by atoms with Gasteiger partial charge in [-0.15, -0.1) is 0 Å². The van der Waals surface area contributed by atoms with Crippen LogP contribution in [0.5, 0.6) is 0 Å². The van der Waals surface area contributed by atoms with Crippen LogP contribution in [-0.4, -0.2) is 4.98 Å². The second-order valence-corrected chi connectivity index (χ2v) is 11.8. The average molecular weight is 442 g/mol. The van der Waals surface area contributed by atoms with E-state index >= 15 is 0 Å². The molecule has 150 valence electrons. The minimum atomic E-state index is -0.300. The van der Waals surface area contributed by atoms with Crippen molar-refractivity contribution in [3.8, 4) is 11.3 Å². The number of H-pyrrole nitrogens is 1. The first-order valence-corrected chi connectivity index (χ1v) is 11.2. The summed E-state index contributed by atoms with van der Waals surface area (Å²) in [7, 11) is 0. The SMILES string of the molecule is Cc1cc2c(c(C(C)C)c1Br)-c1[nH]c3c(c(=O)c1C2(C)C)C(C)(C)CC3(C)C. The second kappa shape index (κ2) is 5.62. The zero-order chi connectivity index (χ0) is 21.0. The summed E-state index contributed by atoms with van der Waals surface area (Å²) in [6, 6.07) is 2.28. The fourth-order valence-corrected chi connectivity index (χ4v) is 6.85. The summed E-state index contributed by atoms with van der Waals surface area (Å²) in [5.74, 6) is 0.367. The summed E-state index contributed by atoms with van der Waals surface area (Å²) in [6.45, 7) is 20.0. The Hall–Kier alpha value is -1.35. The number of fused-ring (bicyclic) bond motifs is 4. The third-order valence-corrected chi connectivity index (χ3v) is 8.10. The molecule has 0 bridgehead atoms. The van der Waals surface area contributed by atoms with E-state index in [-0.39, 0.29) is 21.7 Å². The Labute approximate surface area is 177 Å². The lowest BCUT2D eigenvalue weighted by atomic mass is 9.78. The normalized spacial score (nSPS) is 20.2. The molecule has 0 spiro atoms. The molecule has 0 radical (unpaired) electrons. The second-order valence-electron chi connectivity index (χ2n) is 11.0. The molecular formula is C25H32BrNO. The van der Waals surface area contributed by atoms with Crippen LogP contribution in [0.2, 0.25) is 0 Å². The molecular weight excluding hydrogens is 410 g/mol. The van der Waals surface area contributed by atoms with Crippen LogP contribution in [0.3, 0.4) is 0 Å². The summed E-state index contributed by atoms with van der Waals surface area (Å²) in [5.41, 5.74) is 9.03. The van der Waals surface area contributed by atoms with Crippen molar-refractivity contribution in [2.75, 3.05) is 0 Å². The highest BCUT2D eigenvalue weighted by Gasteiger charge is 2.49. The van der Waals surface area contributed by atoms with E-state index in [9.17, 15) is 4.79 Å². The largest absolute Gasteiger partial charge is 0.357 e. The first kappa shape index (κ1) is 19.9. The molecule has 28 heavy (non-hydrogen) atoms. The topological polar surface area (TPSA) is 32.9 Å². The standard InChI is InChI=1S/C25H32BrNO/c1-12(2)15-16-14(10-13(3)19(15)26)25(8,9)17-20(16)27-22-18(21(17)28)23(4,5)11-24(22,6)7/h10,12H,11H2,1-9H3,(H,27,28). The predicted molar refractivity (Wildman–Crippen MR) is 122 cm³/mol. The van der Waals surface area contributed by atoms with Crippen LogP contribution < -0.4 is 5.43 Å². The van der Waals surface area contributed by atoms with Gasteiger partial charge in [0.2, 0.25) is 0 Å². The summed E-state index contributed by atoms with van der Waals surface area (Å²) < 4.78 is 1.17. The molecule has 1 aromatic carbocycles. The first-order valence-electron chi connectivity index (χ1n) is 10.4. The van der Waals surface area contributed by atoms with E-state index in [1.807, 2.05) is 0 Å². The van der Waals surface area contributed by atoms with E-state index in [0.29, 0.717) is 5.92 Å². The lowest BCUT2D eigenvalue weighted by Crippen LogP contribution is -2.31. The number of aryl methyl sites for hydroxylation is 1. The number of benzene rings is 1. The minimum Gasteiger partial charge on any atom is -0.357 e. The van der Waals surface area contributed by atoms with Crippen molar-refractivity contribution in [3.05, 3.63) is 54.3 Å². The maximum atomic E-state index is 14.0. The highest BCUT2D eigenvalue weighted by molar-refractivity contribution is 9.10. The van der Waals surface area contributed by atoms with Crippen molar-refractivity contribution < 1.29 is 0 Å². The van der Waals surface area contributed by atoms with Gasteiger partial charge >= 0.3 is 0 Å². The monoisotopic (exact) mass is 441 g/mol. The quantitative estimate of drug-likeness (QED) is 0.516. The van der Waals surface area contributed by atoms with Crippen LogP contribution in [-0.2, 0) is 16.2 Å². The van der Waals surface area contributed by atoms with Gasteiger partial charge in [-0.1, -0.05) is 77.4 Å². The Morgan fingerprint density at radius 3 is 2.21 bits per heavy atom. The van der Waals surface area contributed by atoms with E-state index in [0.717, 1.165) is 28.9 Å². The van der Waals surface area contributed by atoms with Gasteiger partial charge in [0.05, 0.1) is 5.69 Å². The van der Waals surface area contributed by atoms with Crippen LogP contribution in [0.1, 0.15) is 101 Å². The molecule has 2 aromatic rings. The van der Waals surface area contributed by atoms with Crippen molar-refractivity contribution in [2.45, 2.75) is 90.9 Å². The molecule has 0 saturated heterocycles. The summed E-state index contributed by atoms with van der Waals surface area (Å²) in [5, 5.41) is 0. The van der Waals surface area contributed by atoms with Gasteiger partial charge in [0, 0.05) is 37.7 Å². The summed E-state index contributed by atoms with van der Waals surface area (Å²) >= 11 is 3.85. The molecule has 3 heteroatoms. The number of aromatic nitrogens is 1. The van der Waals surface area contributed by atoms with Gasteiger partial charge < -0.3 is 4.98 Å². The molecule has 0 atom stereocenters. The number of hydrogen-bond acceptors (Lipinski definition) is 1. The molecule has 0 amide bonds. The van der Waals surface area contributed by atoms with E-state index < -0.39 is 0 Å². The Morgan fingerprint density at radius 1 is 1.04 bits per heavy atom. The van der Waals surface area contributed by atoms with E-state index in [4.69, 9.17) is 0 Å². The van der Waals surface area contributed by atoms with Crippen molar-refractivity contribution in [3.63, 3.8) is 0 Å². The van der Waals surface area contributed by atoms with Gasteiger partial charge in [-0.2, -0.15) is 0 Å². The lowest BCUT2D eigenvalue weighted by molar-refractivity contribution is 0.399. The minimum absolute atomic E-state index is 0.0279. The van der Waals surface area contributed by atoms with Crippen LogP contribution >= 0.6 is 15.9 Å². The third kappa shape index (κ3) is 2.35. The van der Waals surface area contributed by atoms with Crippen molar-refractivity contribution in [1.82, 2.24) is 4.98 Å². The van der Waals surface area contributed by atoms with Crippen molar-refractivity contribution in [2.24, 2.45) is 0 Å². The Balaban J connectivity index is 2.21. The first-order chi connectivity index (χ1) is 12.7. The van der Waals surface area contributed by atoms with E-state index in [1.165, 1.54) is 26.7 Å². The third-order valence-electron chi connectivity index (χ3n) is 7.05. The molecule has 1 N–H and O–H groups in total. The number of pyridine rings is 1. The van der Waals surface area contributed by atoms with E-state index in [2.05, 4.69) is 89.3 Å². The molecule has 2 aliphatic rings. The number of rotatable bonds is 1. The number of hydrogen-bond donors (Lipinski definition) is 1. The maximum Gasteiger partial charge on any atom is 0.190 e. The van der Waals surface area contributed by atoms with E-state index in [1.54, 1.807) is 0 Å². The summed E-state index contributed by atoms with van der Waals surface area (Å²) in [6.07, 6.45) is 0.992. The van der Waals surface area contributed by atoms with Gasteiger partial charge in [-0.05, 0) is 41.4 Å². The molecule has 1 heterocycles. The molecule has 1 aromatic heterocycles. The van der Waals surface area contributed by atoms with Gasteiger partial charge in [0.25, 0.3) is 0 Å². The van der Waals surface area contributed by atoms with Gasteiger partial charge in [-0.25, -0.2) is 0 Å². The molecule has 0 fully saturated rings. The highest BCUT2D eigenvalue weighted by atomic mass is 79.9. The number of halogens is 1. The lowest BCUT2D eigenvalue weighted by Gasteiger charge is -2.24. The summed E-state index contributed by atoms with van der Waals surface area (Å²) in [4.78, 5) is 17.8. The van der Waals surface area contributed by atoms with Crippen LogP contribution in [0.15, 0.2) is 15.3 Å². The molecule has 2 nitrogen and oxygen atoms in total.